The third-order valence-corrected chi connectivity index (χ3v) is 10.5. The molecule has 296 valence electrons. The number of hydrogen-bond donors (Lipinski definition) is 6. The van der Waals surface area contributed by atoms with Crippen molar-refractivity contribution < 1.29 is 34.1 Å². The molecule has 2 heterocycles. The molecule has 0 spiro atoms. The Hall–Kier alpha value is -6.41. The molecule has 1 aromatic heterocycles. The number of carboxylic acid groups (broad SMARTS) is 1. The van der Waals surface area contributed by atoms with Crippen molar-refractivity contribution in [1.82, 2.24) is 15.2 Å². The summed E-state index contributed by atoms with van der Waals surface area (Å²) in [6, 6.07) is 26.3. The molecule has 58 heavy (non-hydrogen) atoms. The molecule has 1 amide bonds. The summed E-state index contributed by atoms with van der Waals surface area (Å²) >= 11 is 11.6. The van der Waals surface area contributed by atoms with Crippen LogP contribution in [0.2, 0.25) is 5.02 Å². The van der Waals surface area contributed by atoms with Crippen LogP contribution in [0.4, 0.5) is 5.69 Å². The summed E-state index contributed by atoms with van der Waals surface area (Å²) in [5.74, 6) is -0.466. The van der Waals surface area contributed by atoms with Crippen molar-refractivity contribution in [3.63, 3.8) is 0 Å². The number of aliphatic hydroxyl groups excluding tert-OH is 1. The van der Waals surface area contributed by atoms with Gasteiger partial charge in [-0.05, 0) is 110 Å². The van der Waals surface area contributed by atoms with E-state index in [1.165, 1.54) is 30.3 Å². The Morgan fingerprint density at radius 1 is 0.897 bits per heavy atom. The van der Waals surface area contributed by atoms with E-state index in [4.69, 9.17) is 33.0 Å². The number of rotatable bonds is 13. The first-order chi connectivity index (χ1) is 27.9. The molecule has 7 rings (SSSR count). The van der Waals surface area contributed by atoms with Gasteiger partial charge >= 0.3 is 5.97 Å². The molecule has 0 saturated heterocycles. The Labute approximate surface area is 343 Å². The van der Waals surface area contributed by atoms with Gasteiger partial charge in [-0.3, -0.25) is 9.59 Å². The normalized spacial score (nSPS) is 11.8. The van der Waals surface area contributed by atoms with Gasteiger partial charge in [0.2, 0.25) is 5.91 Å². The number of phenols is 1. The fraction of sp³-hybridized carbons (Fsp3) is 0.182. The largest absolute Gasteiger partial charge is 0.508 e. The SMILES string of the molecule is COc1ccc2c(c1)c(CC(=O)NCCCCNC(=S)Nc1ccc(-c3c4ccc(=O)cc-4oc4cc(O)ccc34)c(C(=O)O)c1)c(C)n2C(O)c1ccc(Cl)cc1. The van der Waals surface area contributed by atoms with Gasteiger partial charge in [0.1, 0.15) is 22.8 Å². The molecule has 5 aromatic rings. The smallest absolute Gasteiger partial charge is 0.336 e. The zero-order chi connectivity index (χ0) is 41.1. The predicted octanol–water partition coefficient (Wildman–Crippen LogP) is 7.86. The number of methoxy groups -OCH3 is 1. The molecule has 0 fully saturated rings. The number of carbonyl (C=O) groups excluding carboxylic acids is 1. The van der Waals surface area contributed by atoms with E-state index in [0.29, 0.717) is 80.7 Å². The highest BCUT2D eigenvalue weighted by atomic mass is 35.5. The molecule has 0 bridgehead atoms. The Balaban J connectivity index is 0.958. The van der Waals surface area contributed by atoms with E-state index >= 15 is 0 Å². The van der Waals surface area contributed by atoms with E-state index in [1.54, 1.807) is 55.6 Å². The van der Waals surface area contributed by atoms with Crippen molar-refractivity contribution in [3.8, 4) is 33.9 Å². The van der Waals surface area contributed by atoms with Crippen LogP contribution in [0, 0.1) is 6.92 Å². The maximum Gasteiger partial charge on any atom is 0.336 e. The first kappa shape index (κ1) is 39.8. The summed E-state index contributed by atoms with van der Waals surface area (Å²) in [5.41, 5.74) is 4.93. The van der Waals surface area contributed by atoms with Crippen LogP contribution in [0.1, 0.15) is 46.2 Å². The summed E-state index contributed by atoms with van der Waals surface area (Å²) in [6.45, 7) is 2.82. The van der Waals surface area contributed by atoms with E-state index in [2.05, 4.69) is 16.0 Å². The number of nitrogens with zero attached hydrogens (tertiary/aromatic N) is 1. The summed E-state index contributed by atoms with van der Waals surface area (Å²) in [6.07, 6.45) is 0.469. The molecule has 0 saturated carbocycles. The van der Waals surface area contributed by atoms with Gasteiger partial charge in [-0.2, -0.15) is 0 Å². The minimum absolute atomic E-state index is 0.00625. The lowest BCUT2D eigenvalue weighted by Crippen LogP contribution is -2.30. The van der Waals surface area contributed by atoms with Gasteiger partial charge in [0.25, 0.3) is 0 Å². The number of aromatic nitrogens is 1. The summed E-state index contributed by atoms with van der Waals surface area (Å²) in [7, 11) is 1.58. The predicted molar refractivity (Wildman–Crippen MR) is 228 cm³/mol. The average molecular weight is 819 g/mol. The molecule has 12 nitrogen and oxygen atoms in total. The standard InChI is InChI=1S/C44H39ClN4O8S/c1-24-34(35-22-30(56-2)12-16-37(35)49(24)42(53)25-5-7-26(45)8-6-25)23-40(52)46-17-3-4-18-47-44(58)48-27-9-13-31(36(19-27)43(54)55)41-32-14-10-28(50)20-38(32)57-39-21-29(51)11-15-33(39)41/h5-16,19-22,42,50,53H,3-4,17-18,23H2,1-2H3,(H,46,52)(H,54,55)(H2,47,48,58). The maximum absolute atomic E-state index is 13.2. The van der Waals surface area contributed by atoms with Crippen LogP contribution in [-0.4, -0.2) is 57.1 Å². The van der Waals surface area contributed by atoms with Crippen molar-refractivity contribution >= 4 is 68.4 Å². The van der Waals surface area contributed by atoms with Gasteiger partial charge in [-0.1, -0.05) is 29.8 Å². The van der Waals surface area contributed by atoms with Gasteiger partial charge < -0.3 is 45.0 Å². The lowest BCUT2D eigenvalue weighted by atomic mass is 9.90. The van der Waals surface area contributed by atoms with E-state index in [-0.39, 0.29) is 34.8 Å². The fourth-order valence-corrected chi connectivity index (χ4v) is 7.53. The molecule has 0 radical (unpaired) electrons. The highest BCUT2D eigenvalue weighted by Crippen LogP contribution is 2.42. The zero-order valence-corrected chi connectivity index (χ0v) is 33.0. The van der Waals surface area contributed by atoms with E-state index in [0.717, 1.165) is 22.2 Å². The zero-order valence-electron chi connectivity index (χ0n) is 31.5. The Morgan fingerprint density at radius 2 is 1.64 bits per heavy atom. The lowest BCUT2D eigenvalue weighted by molar-refractivity contribution is -0.120. The minimum Gasteiger partial charge on any atom is -0.508 e. The minimum atomic E-state index is -1.17. The highest BCUT2D eigenvalue weighted by Gasteiger charge is 2.24. The van der Waals surface area contributed by atoms with Crippen molar-refractivity contribution in [2.75, 3.05) is 25.5 Å². The Bertz CT molecular complexity index is 2730. The molecule has 14 heteroatoms. The van der Waals surface area contributed by atoms with E-state index in [1.807, 2.05) is 29.7 Å². The number of thiocarbonyl (C=S) groups is 1. The number of halogens is 1. The molecular weight excluding hydrogens is 780 g/mol. The number of amides is 1. The monoisotopic (exact) mass is 818 g/mol. The Morgan fingerprint density at radius 3 is 2.38 bits per heavy atom. The van der Waals surface area contributed by atoms with Crippen molar-refractivity contribution in [2.45, 2.75) is 32.4 Å². The molecule has 2 aliphatic rings. The highest BCUT2D eigenvalue weighted by molar-refractivity contribution is 7.80. The number of hydrogen-bond acceptors (Lipinski definition) is 8. The van der Waals surface area contributed by atoms with Crippen LogP contribution in [0.3, 0.4) is 0 Å². The number of nitrogens with one attached hydrogen (secondary N) is 3. The number of fused-ring (bicyclic) bond motifs is 3. The van der Waals surface area contributed by atoms with Gasteiger partial charge in [-0.25, -0.2) is 4.79 Å². The number of benzene rings is 5. The Kier molecular flexibility index (Phi) is 11.7. The summed E-state index contributed by atoms with van der Waals surface area (Å²) in [4.78, 5) is 37.9. The van der Waals surface area contributed by atoms with Crippen LogP contribution in [0.15, 0.2) is 106 Å². The van der Waals surface area contributed by atoms with Crippen LogP contribution >= 0.6 is 23.8 Å². The number of aliphatic hydroxyl groups is 1. The molecule has 1 aliphatic heterocycles. The summed E-state index contributed by atoms with van der Waals surface area (Å²) < 4.78 is 13.2. The van der Waals surface area contributed by atoms with E-state index in [9.17, 15) is 29.7 Å². The second kappa shape index (κ2) is 17.0. The third kappa shape index (κ3) is 8.33. The number of carbonyl (C=O) groups is 2. The number of aromatic carboxylic acids is 1. The van der Waals surface area contributed by atoms with Crippen LogP contribution < -0.4 is 26.1 Å². The second-order valence-corrected chi connectivity index (χ2v) is 14.6. The molecule has 6 N–H and O–H groups in total. The van der Waals surface area contributed by atoms with E-state index < -0.39 is 12.2 Å². The van der Waals surface area contributed by atoms with Crippen LogP contribution in [-0.2, 0) is 11.2 Å². The number of unbranched alkanes of at least 4 members (excludes halogenated alkanes) is 1. The lowest BCUT2D eigenvalue weighted by Gasteiger charge is -2.18. The number of anilines is 1. The molecular formula is C44H39ClN4O8S. The molecule has 4 aromatic carbocycles. The topological polar surface area (TPSA) is 175 Å². The van der Waals surface area contributed by atoms with Crippen LogP contribution in [0.5, 0.6) is 11.5 Å². The van der Waals surface area contributed by atoms with Gasteiger partial charge in [0.15, 0.2) is 16.8 Å². The maximum atomic E-state index is 13.2. The second-order valence-electron chi connectivity index (χ2n) is 13.7. The molecule has 1 unspecified atom stereocenters. The van der Waals surface area contributed by atoms with Gasteiger partial charge in [0, 0.05) is 69.1 Å². The number of carboxylic acids is 1. The quantitative estimate of drug-likeness (QED) is 0.0380. The first-order valence-electron chi connectivity index (χ1n) is 18.4. The third-order valence-electron chi connectivity index (χ3n) is 10.0. The first-order valence-corrected chi connectivity index (χ1v) is 19.2. The van der Waals surface area contributed by atoms with Gasteiger partial charge in [0.05, 0.1) is 24.6 Å². The number of ether oxygens (including phenoxy) is 1. The summed E-state index contributed by atoms with van der Waals surface area (Å²) in [5, 5.41) is 43.2. The van der Waals surface area contributed by atoms with Crippen molar-refractivity contribution in [2.24, 2.45) is 0 Å². The average Bonchev–Trinajstić information content (AvgIpc) is 3.47. The van der Waals surface area contributed by atoms with Crippen molar-refractivity contribution in [1.29, 1.82) is 0 Å². The molecule has 1 aliphatic carbocycles. The molecule has 1 atom stereocenters. The van der Waals surface area contributed by atoms with Crippen molar-refractivity contribution in [3.05, 3.63) is 135 Å². The van der Waals surface area contributed by atoms with Gasteiger partial charge in [-0.15, -0.1) is 0 Å². The number of phenolic OH excluding ortho intramolecular Hbond substituents is 1. The number of aromatic hydroxyl groups is 1. The van der Waals surface area contributed by atoms with Crippen LogP contribution in [0.25, 0.3) is 44.3 Å². The fourth-order valence-electron chi connectivity index (χ4n) is 7.18.